The molecule has 0 bridgehead atoms. The topological polar surface area (TPSA) is 37.3 Å². The zero-order valence-electron chi connectivity index (χ0n) is 7.86. The smallest absolute Gasteiger partial charge is 0.163 e. The number of carbonyl (C=O) groups excluding carboxylic acids is 1. The second kappa shape index (κ2) is 3.07. The fraction of sp³-hybridized carbons (Fsp3) is 0.250. The first kappa shape index (κ1) is 9.16. The van der Waals surface area contributed by atoms with Gasteiger partial charge in [0, 0.05) is 12.0 Å². The Morgan fingerprint density at radius 2 is 2.14 bits per heavy atom. The molecule has 14 heavy (non-hydrogen) atoms. The lowest BCUT2D eigenvalue weighted by Gasteiger charge is -2.30. The molecule has 1 N–H and O–H groups in total. The first-order valence-electron chi connectivity index (χ1n) is 4.66. The van der Waals surface area contributed by atoms with Gasteiger partial charge in [0.2, 0.25) is 0 Å². The van der Waals surface area contributed by atoms with E-state index in [0.29, 0.717) is 24.0 Å². The van der Waals surface area contributed by atoms with E-state index in [1.165, 1.54) is 6.08 Å². The minimum Gasteiger partial charge on any atom is -0.381 e. The van der Waals surface area contributed by atoms with Crippen molar-refractivity contribution in [1.29, 1.82) is 0 Å². The number of hydrogen-bond donors (Lipinski definition) is 1. The molecule has 0 spiro atoms. The summed E-state index contributed by atoms with van der Waals surface area (Å²) in [6, 6.07) is 7.18. The molecule has 0 radical (unpaired) electrons. The first-order chi connectivity index (χ1) is 6.67. The third kappa shape index (κ3) is 1.19. The van der Waals surface area contributed by atoms with E-state index < -0.39 is 5.60 Å². The van der Waals surface area contributed by atoms with Gasteiger partial charge in [0.1, 0.15) is 5.60 Å². The zero-order chi connectivity index (χ0) is 10.2. The molecular weight excluding hydrogens is 176 g/mol. The summed E-state index contributed by atoms with van der Waals surface area (Å²) in [5, 5.41) is 10.2. The Balaban J connectivity index is 2.63. The summed E-state index contributed by atoms with van der Waals surface area (Å²) in [5.41, 5.74) is 0.289. The van der Waals surface area contributed by atoms with E-state index in [-0.39, 0.29) is 5.78 Å². The molecule has 0 aromatic heterocycles. The minimum absolute atomic E-state index is 0.104. The minimum atomic E-state index is -1.02. The van der Waals surface area contributed by atoms with Crippen LogP contribution in [-0.2, 0) is 5.60 Å². The third-order valence-corrected chi connectivity index (χ3v) is 2.76. The molecule has 1 aromatic carbocycles. The maximum absolute atomic E-state index is 11.5. The van der Waals surface area contributed by atoms with E-state index in [2.05, 4.69) is 6.58 Å². The highest BCUT2D eigenvalue weighted by molar-refractivity contribution is 5.99. The van der Waals surface area contributed by atoms with E-state index in [4.69, 9.17) is 0 Å². The highest BCUT2D eigenvalue weighted by atomic mass is 16.3. The standard InChI is InChI=1S/C12H12O2/c1-2-12(14)8-7-11(13)9-5-3-4-6-10(9)12/h2-6,14H,1,7-8H2/t12-/m1/s1. The summed E-state index contributed by atoms with van der Waals surface area (Å²) < 4.78 is 0. The number of Topliss-reactive ketones (excluding diaryl/α,β-unsaturated/α-hetero) is 1. The molecule has 0 amide bonds. The molecule has 1 aliphatic carbocycles. The summed E-state index contributed by atoms with van der Waals surface area (Å²) in [5.74, 6) is 0.104. The van der Waals surface area contributed by atoms with Crippen molar-refractivity contribution in [2.24, 2.45) is 0 Å². The van der Waals surface area contributed by atoms with Crippen LogP contribution in [0.2, 0.25) is 0 Å². The molecule has 2 heteroatoms. The quantitative estimate of drug-likeness (QED) is 0.685. The summed E-state index contributed by atoms with van der Waals surface area (Å²) in [6.07, 6.45) is 2.34. The molecule has 2 rings (SSSR count). The summed E-state index contributed by atoms with van der Waals surface area (Å²) in [7, 11) is 0. The van der Waals surface area contributed by atoms with Gasteiger partial charge in [-0.25, -0.2) is 0 Å². The number of ketones is 1. The molecule has 0 fully saturated rings. The van der Waals surface area contributed by atoms with Gasteiger partial charge in [-0.15, -0.1) is 0 Å². The second-order valence-electron chi connectivity index (χ2n) is 3.60. The van der Waals surface area contributed by atoms with Crippen LogP contribution in [0.4, 0.5) is 0 Å². The molecule has 0 unspecified atom stereocenters. The predicted molar refractivity (Wildman–Crippen MR) is 54.1 cm³/mol. The normalized spacial score (nSPS) is 25.6. The third-order valence-electron chi connectivity index (χ3n) is 2.76. The van der Waals surface area contributed by atoms with Crippen molar-refractivity contribution in [3.63, 3.8) is 0 Å². The van der Waals surface area contributed by atoms with Crippen molar-refractivity contribution in [1.82, 2.24) is 0 Å². The SMILES string of the molecule is C=C[C@@]1(O)CCC(=O)c2ccccc21. The first-order valence-corrected chi connectivity index (χ1v) is 4.66. The number of hydrogen-bond acceptors (Lipinski definition) is 2. The molecule has 1 aliphatic rings. The van der Waals surface area contributed by atoms with Crippen molar-refractivity contribution in [3.8, 4) is 0 Å². The maximum Gasteiger partial charge on any atom is 0.163 e. The average Bonchev–Trinajstić information content (AvgIpc) is 2.24. The van der Waals surface area contributed by atoms with Crippen LogP contribution in [0.5, 0.6) is 0 Å². The van der Waals surface area contributed by atoms with Crippen molar-refractivity contribution < 1.29 is 9.90 Å². The average molecular weight is 188 g/mol. The van der Waals surface area contributed by atoms with Crippen molar-refractivity contribution in [2.75, 3.05) is 0 Å². The van der Waals surface area contributed by atoms with Crippen LogP contribution in [0.1, 0.15) is 28.8 Å². The van der Waals surface area contributed by atoms with E-state index in [9.17, 15) is 9.90 Å². The Labute approximate surface area is 82.9 Å². The maximum atomic E-state index is 11.5. The molecule has 2 nitrogen and oxygen atoms in total. The zero-order valence-corrected chi connectivity index (χ0v) is 7.86. The number of rotatable bonds is 1. The summed E-state index contributed by atoms with van der Waals surface area (Å²) in [6.45, 7) is 3.62. The van der Waals surface area contributed by atoms with E-state index in [1.54, 1.807) is 12.1 Å². The van der Waals surface area contributed by atoms with Gasteiger partial charge in [0.15, 0.2) is 5.78 Å². The molecule has 0 saturated heterocycles. The van der Waals surface area contributed by atoms with Crippen LogP contribution in [0.15, 0.2) is 36.9 Å². The Morgan fingerprint density at radius 3 is 2.86 bits per heavy atom. The van der Waals surface area contributed by atoms with Gasteiger partial charge in [0.05, 0.1) is 0 Å². The van der Waals surface area contributed by atoms with Gasteiger partial charge >= 0.3 is 0 Å². The van der Waals surface area contributed by atoms with E-state index in [0.717, 1.165) is 0 Å². The van der Waals surface area contributed by atoms with Crippen molar-refractivity contribution in [2.45, 2.75) is 18.4 Å². The van der Waals surface area contributed by atoms with Crippen LogP contribution in [-0.4, -0.2) is 10.9 Å². The molecule has 1 atom stereocenters. The van der Waals surface area contributed by atoms with Gasteiger partial charge in [-0.3, -0.25) is 4.79 Å². The van der Waals surface area contributed by atoms with Crippen LogP contribution in [0.25, 0.3) is 0 Å². The molecule has 0 heterocycles. The number of fused-ring (bicyclic) bond motifs is 1. The highest BCUT2D eigenvalue weighted by Crippen LogP contribution is 2.35. The largest absolute Gasteiger partial charge is 0.381 e. The Hall–Kier alpha value is -1.41. The molecule has 0 saturated carbocycles. The van der Waals surface area contributed by atoms with Crippen molar-refractivity contribution >= 4 is 5.78 Å². The fourth-order valence-corrected chi connectivity index (χ4v) is 1.89. The highest BCUT2D eigenvalue weighted by Gasteiger charge is 2.34. The van der Waals surface area contributed by atoms with Crippen molar-refractivity contribution in [3.05, 3.63) is 48.0 Å². The van der Waals surface area contributed by atoms with Gasteiger partial charge in [-0.1, -0.05) is 36.9 Å². The van der Waals surface area contributed by atoms with Crippen LogP contribution in [0.3, 0.4) is 0 Å². The molecule has 0 aliphatic heterocycles. The van der Waals surface area contributed by atoms with Crippen LogP contribution in [0, 0.1) is 0 Å². The monoisotopic (exact) mass is 188 g/mol. The Bertz CT molecular complexity index is 395. The number of benzene rings is 1. The predicted octanol–water partition coefficient (Wildman–Crippen LogP) is 2.04. The van der Waals surface area contributed by atoms with Gasteiger partial charge < -0.3 is 5.11 Å². The Kier molecular flexibility index (Phi) is 2.01. The van der Waals surface area contributed by atoms with E-state index in [1.807, 2.05) is 12.1 Å². The lowest BCUT2D eigenvalue weighted by atomic mass is 9.79. The lowest BCUT2D eigenvalue weighted by Crippen LogP contribution is -2.30. The molecular formula is C12H12O2. The second-order valence-corrected chi connectivity index (χ2v) is 3.60. The van der Waals surface area contributed by atoms with Gasteiger partial charge in [-0.2, -0.15) is 0 Å². The van der Waals surface area contributed by atoms with Crippen LogP contribution < -0.4 is 0 Å². The lowest BCUT2D eigenvalue weighted by molar-refractivity contribution is 0.0609. The molecule has 72 valence electrons. The number of aliphatic hydroxyl groups is 1. The Morgan fingerprint density at radius 1 is 1.43 bits per heavy atom. The number of carbonyl (C=O) groups is 1. The van der Waals surface area contributed by atoms with Crippen LogP contribution >= 0.6 is 0 Å². The van der Waals surface area contributed by atoms with Gasteiger partial charge in [0.25, 0.3) is 0 Å². The summed E-state index contributed by atoms with van der Waals surface area (Å²) >= 11 is 0. The summed E-state index contributed by atoms with van der Waals surface area (Å²) in [4.78, 5) is 11.5. The van der Waals surface area contributed by atoms with Gasteiger partial charge in [-0.05, 0) is 12.0 Å². The fourth-order valence-electron chi connectivity index (χ4n) is 1.89. The molecule has 1 aromatic rings. The van der Waals surface area contributed by atoms with E-state index >= 15 is 0 Å².